The van der Waals surface area contributed by atoms with E-state index < -0.39 is 29.9 Å². The first-order valence-corrected chi connectivity index (χ1v) is 7.18. The van der Waals surface area contributed by atoms with Crippen molar-refractivity contribution in [3.05, 3.63) is 47.5 Å². The highest BCUT2D eigenvalue weighted by Gasteiger charge is 2.58. The number of halogens is 3. The first kappa shape index (κ1) is 18.0. The van der Waals surface area contributed by atoms with Crippen LogP contribution in [0.3, 0.4) is 0 Å². The minimum absolute atomic E-state index is 0.377. The molecule has 0 fully saturated rings. The van der Waals surface area contributed by atoms with Crippen molar-refractivity contribution in [1.82, 2.24) is 9.55 Å². The maximum atomic E-state index is 13.4. The van der Waals surface area contributed by atoms with Crippen LogP contribution in [-0.2, 0) is 17.4 Å². The third-order valence-electron chi connectivity index (χ3n) is 3.58. The number of benzene rings is 1. The van der Waals surface area contributed by atoms with Gasteiger partial charge in [-0.15, -0.1) is 0 Å². The van der Waals surface area contributed by atoms with Crippen molar-refractivity contribution in [3.8, 4) is 0 Å². The van der Waals surface area contributed by atoms with Crippen molar-refractivity contribution >= 4 is 11.6 Å². The molecule has 1 atom stereocenters. The Bertz CT molecular complexity index is 735. The summed E-state index contributed by atoms with van der Waals surface area (Å²) in [5.41, 5.74) is -1.27. The van der Waals surface area contributed by atoms with Crippen LogP contribution in [-0.4, -0.2) is 26.7 Å². The lowest BCUT2D eigenvalue weighted by Gasteiger charge is -2.29. The molecule has 130 valence electrons. The second kappa shape index (κ2) is 6.27. The molecule has 2 rings (SSSR count). The van der Waals surface area contributed by atoms with Gasteiger partial charge in [0.1, 0.15) is 0 Å². The van der Waals surface area contributed by atoms with Crippen LogP contribution >= 0.6 is 0 Å². The van der Waals surface area contributed by atoms with E-state index in [0.29, 0.717) is 5.69 Å². The molecule has 0 radical (unpaired) electrons. The van der Waals surface area contributed by atoms with E-state index in [1.165, 1.54) is 13.2 Å². The molecule has 2 N–H and O–H groups in total. The van der Waals surface area contributed by atoms with Gasteiger partial charge in [0.05, 0.1) is 6.42 Å². The molecule has 2 aromatic rings. The van der Waals surface area contributed by atoms with Crippen LogP contribution < -0.4 is 5.32 Å². The quantitative estimate of drug-likeness (QED) is 0.899. The van der Waals surface area contributed by atoms with E-state index in [0.717, 1.165) is 21.9 Å². The Balaban J connectivity index is 2.27. The van der Waals surface area contributed by atoms with Crippen LogP contribution in [0.5, 0.6) is 0 Å². The van der Waals surface area contributed by atoms with Gasteiger partial charge in [-0.2, -0.15) is 13.2 Å². The molecule has 1 aromatic heterocycles. The Hall–Kier alpha value is -2.35. The number of nitrogens with one attached hydrogen (secondary N) is 1. The Morgan fingerprint density at radius 3 is 2.29 bits per heavy atom. The van der Waals surface area contributed by atoms with Crippen LogP contribution in [0.1, 0.15) is 23.4 Å². The van der Waals surface area contributed by atoms with Crippen LogP contribution in [0.2, 0.25) is 0 Å². The first-order chi connectivity index (χ1) is 11.0. The van der Waals surface area contributed by atoms with Crippen molar-refractivity contribution in [2.75, 3.05) is 5.32 Å². The van der Waals surface area contributed by atoms with E-state index in [9.17, 15) is 23.1 Å². The number of hydrogen-bond donors (Lipinski definition) is 2. The number of anilines is 1. The Morgan fingerprint density at radius 1 is 1.25 bits per heavy atom. The van der Waals surface area contributed by atoms with Crippen LogP contribution in [0.15, 0.2) is 30.6 Å². The average molecular weight is 341 g/mol. The van der Waals surface area contributed by atoms with Gasteiger partial charge in [-0.3, -0.25) is 4.79 Å². The molecule has 8 heteroatoms. The van der Waals surface area contributed by atoms with Crippen molar-refractivity contribution in [2.24, 2.45) is 7.05 Å². The number of rotatable bonds is 4. The predicted molar refractivity (Wildman–Crippen MR) is 82.3 cm³/mol. The summed E-state index contributed by atoms with van der Waals surface area (Å²) in [6.45, 7) is 3.62. The molecule has 1 amide bonds. The van der Waals surface area contributed by atoms with Gasteiger partial charge in [0.2, 0.25) is 11.5 Å². The molecule has 0 unspecified atom stereocenters. The monoisotopic (exact) mass is 341 g/mol. The van der Waals surface area contributed by atoms with E-state index in [1.807, 2.05) is 19.9 Å². The van der Waals surface area contributed by atoms with Crippen molar-refractivity contribution < 1.29 is 23.1 Å². The molecule has 0 aliphatic carbocycles. The fraction of sp³-hybridized carbons (Fsp3) is 0.375. The summed E-state index contributed by atoms with van der Waals surface area (Å²) in [7, 11) is 1.32. The minimum atomic E-state index is -5.05. The molecule has 0 saturated heterocycles. The first-order valence-electron chi connectivity index (χ1n) is 7.18. The number of alkyl halides is 3. The van der Waals surface area contributed by atoms with E-state index in [1.54, 1.807) is 12.1 Å². The fourth-order valence-corrected chi connectivity index (χ4v) is 2.55. The highest BCUT2D eigenvalue weighted by Crippen LogP contribution is 2.40. The van der Waals surface area contributed by atoms with Crippen LogP contribution in [0.4, 0.5) is 18.9 Å². The van der Waals surface area contributed by atoms with Crippen molar-refractivity contribution in [2.45, 2.75) is 32.0 Å². The SMILES string of the molecule is Cc1cc(C)cc(NC(=O)C[C@@](O)(c2nccn2C)C(F)(F)F)c1. The standard InChI is InChI=1S/C16H18F3N3O2/c1-10-6-11(2)8-12(7-10)21-13(23)9-15(24,16(17,18)19)14-20-4-5-22(14)3/h4-8,24H,9H2,1-3H3,(H,21,23)/t15-/m1/s1. The second-order valence-corrected chi connectivity index (χ2v) is 5.82. The summed E-state index contributed by atoms with van der Waals surface area (Å²) < 4.78 is 41.2. The topological polar surface area (TPSA) is 67.2 Å². The molecule has 1 heterocycles. The zero-order valence-electron chi connectivity index (χ0n) is 13.5. The smallest absolute Gasteiger partial charge is 0.374 e. The molecule has 0 bridgehead atoms. The highest BCUT2D eigenvalue weighted by molar-refractivity contribution is 5.91. The van der Waals surface area contributed by atoms with Gasteiger partial charge in [0.15, 0.2) is 5.82 Å². The Labute approximate surface area is 137 Å². The third-order valence-corrected chi connectivity index (χ3v) is 3.58. The van der Waals surface area contributed by atoms with Gasteiger partial charge in [0, 0.05) is 25.1 Å². The Kier molecular flexibility index (Phi) is 4.70. The number of aliphatic hydroxyl groups is 1. The van der Waals surface area contributed by atoms with Crippen molar-refractivity contribution in [1.29, 1.82) is 0 Å². The summed E-state index contributed by atoms with van der Waals surface area (Å²) in [5.74, 6) is -1.59. The van der Waals surface area contributed by atoms with E-state index in [4.69, 9.17) is 0 Å². The number of carbonyl (C=O) groups excluding carboxylic acids is 1. The van der Waals surface area contributed by atoms with Crippen LogP contribution in [0.25, 0.3) is 0 Å². The molecule has 0 spiro atoms. The maximum Gasteiger partial charge on any atom is 0.425 e. The van der Waals surface area contributed by atoms with Crippen LogP contribution in [0, 0.1) is 13.8 Å². The van der Waals surface area contributed by atoms with Gasteiger partial charge >= 0.3 is 6.18 Å². The van der Waals surface area contributed by atoms with Gasteiger partial charge in [-0.25, -0.2) is 4.98 Å². The van der Waals surface area contributed by atoms with Gasteiger partial charge in [-0.1, -0.05) is 6.07 Å². The van der Waals surface area contributed by atoms with Gasteiger partial charge < -0.3 is 15.0 Å². The number of amides is 1. The minimum Gasteiger partial charge on any atom is -0.374 e. The number of hydrogen-bond acceptors (Lipinski definition) is 3. The highest BCUT2D eigenvalue weighted by atomic mass is 19.4. The molecule has 24 heavy (non-hydrogen) atoms. The fourth-order valence-electron chi connectivity index (χ4n) is 2.55. The molecular formula is C16H18F3N3O2. The largest absolute Gasteiger partial charge is 0.425 e. The lowest BCUT2D eigenvalue weighted by atomic mass is 9.97. The maximum absolute atomic E-state index is 13.4. The number of nitrogens with zero attached hydrogens (tertiary/aromatic N) is 2. The molecule has 5 nitrogen and oxygen atoms in total. The lowest BCUT2D eigenvalue weighted by molar-refractivity contribution is -0.270. The molecular weight excluding hydrogens is 323 g/mol. The molecule has 0 saturated carbocycles. The third kappa shape index (κ3) is 3.59. The number of aromatic nitrogens is 2. The summed E-state index contributed by atoms with van der Waals surface area (Å²) >= 11 is 0. The van der Waals surface area contributed by atoms with Crippen molar-refractivity contribution in [3.63, 3.8) is 0 Å². The molecule has 0 aliphatic heterocycles. The van der Waals surface area contributed by atoms with E-state index in [-0.39, 0.29) is 0 Å². The average Bonchev–Trinajstić information content (AvgIpc) is 2.82. The normalized spacial score (nSPS) is 14.3. The zero-order valence-corrected chi connectivity index (χ0v) is 13.5. The van der Waals surface area contributed by atoms with Gasteiger partial charge in [-0.05, 0) is 37.1 Å². The molecule has 1 aromatic carbocycles. The number of carbonyl (C=O) groups is 1. The summed E-state index contributed by atoms with van der Waals surface area (Å²) in [4.78, 5) is 15.7. The summed E-state index contributed by atoms with van der Waals surface area (Å²) in [5, 5.41) is 12.6. The zero-order chi connectivity index (χ0) is 18.1. The van der Waals surface area contributed by atoms with E-state index in [2.05, 4.69) is 10.3 Å². The van der Waals surface area contributed by atoms with E-state index >= 15 is 0 Å². The number of aryl methyl sites for hydroxylation is 3. The second-order valence-electron chi connectivity index (χ2n) is 5.82. The lowest BCUT2D eigenvalue weighted by Crippen LogP contribution is -2.46. The summed E-state index contributed by atoms with van der Waals surface area (Å²) in [6.07, 6.45) is -3.83. The van der Waals surface area contributed by atoms with Gasteiger partial charge in [0.25, 0.3) is 0 Å². The predicted octanol–water partition coefficient (Wildman–Crippen LogP) is 2.82. The Morgan fingerprint density at radius 2 is 1.83 bits per heavy atom. The molecule has 0 aliphatic rings. The summed E-state index contributed by atoms with van der Waals surface area (Å²) in [6, 6.07) is 5.15. The number of imidazole rings is 1.